The number of nitrogens with one attached hydrogen (secondary N) is 1. The van der Waals surface area contributed by atoms with Gasteiger partial charge in [0.1, 0.15) is 17.1 Å². The third kappa shape index (κ3) is 3.69. The molecule has 1 aromatic heterocycles. The predicted octanol–water partition coefficient (Wildman–Crippen LogP) is 5.66. The smallest absolute Gasteiger partial charge is 0.273 e. The van der Waals surface area contributed by atoms with Gasteiger partial charge < -0.3 is 19.8 Å². The number of rotatable bonds is 5. The standard InChI is InChI=1S/C25H19BrClN3O4/c1-34-19-11-14(10-17(26)24(19)32)23-20-21(16-4-2-3-5-18(16)31)28-29-22(20)25(33)30(23)12-13-6-8-15(27)9-7-13/h2-11,23,31-32H,12H2,1H3,(H,28,29). The summed E-state index contributed by atoms with van der Waals surface area (Å²) in [5.74, 6) is 0.0633. The Bertz CT molecular complexity index is 1400. The number of nitrogens with zero attached hydrogens (tertiary/aromatic N) is 2. The Morgan fingerprint density at radius 3 is 2.59 bits per heavy atom. The van der Waals surface area contributed by atoms with E-state index in [-0.39, 0.29) is 23.2 Å². The summed E-state index contributed by atoms with van der Waals surface area (Å²) >= 11 is 9.43. The molecule has 1 amide bonds. The number of benzene rings is 3. The highest BCUT2D eigenvalue weighted by molar-refractivity contribution is 9.10. The van der Waals surface area contributed by atoms with Gasteiger partial charge in [0.15, 0.2) is 11.5 Å². The average Bonchev–Trinajstić information content (AvgIpc) is 3.36. The number of hydrogen-bond acceptors (Lipinski definition) is 5. The van der Waals surface area contributed by atoms with Crippen molar-refractivity contribution in [3.8, 4) is 28.5 Å². The van der Waals surface area contributed by atoms with E-state index in [1.54, 1.807) is 53.4 Å². The van der Waals surface area contributed by atoms with Crippen molar-refractivity contribution in [2.24, 2.45) is 0 Å². The zero-order chi connectivity index (χ0) is 24.0. The third-order valence-corrected chi connectivity index (χ3v) is 6.73. The number of amides is 1. The highest BCUT2D eigenvalue weighted by Gasteiger charge is 2.43. The van der Waals surface area contributed by atoms with Gasteiger partial charge in [-0.15, -0.1) is 0 Å². The van der Waals surface area contributed by atoms with Crippen LogP contribution >= 0.6 is 27.5 Å². The largest absolute Gasteiger partial charge is 0.507 e. The van der Waals surface area contributed by atoms with Gasteiger partial charge >= 0.3 is 0 Å². The first kappa shape index (κ1) is 22.3. The zero-order valence-electron chi connectivity index (χ0n) is 17.9. The lowest BCUT2D eigenvalue weighted by Gasteiger charge is -2.27. The number of carbonyl (C=O) groups excluding carboxylic acids is 1. The third-order valence-electron chi connectivity index (χ3n) is 5.88. The molecule has 172 valence electrons. The van der Waals surface area contributed by atoms with E-state index < -0.39 is 6.04 Å². The van der Waals surface area contributed by atoms with E-state index in [4.69, 9.17) is 16.3 Å². The van der Waals surface area contributed by atoms with Crippen LogP contribution < -0.4 is 4.74 Å². The second-order valence-electron chi connectivity index (χ2n) is 7.89. The zero-order valence-corrected chi connectivity index (χ0v) is 20.3. The lowest BCUT2D eigenvalue weighted by molar-refractivity contribution is 0.0730. The van der Waals surface area contributed by atoms with Gasteiger partial charge in [0.05, 0.1) is 17.6 Å². The SMILES string of the molecule is COc1cc(C2c3c(-c4ccccc4O)n[nH]c3C(=O)N2Cc2ccc(Cl)cc2)cc(Br)c1O. The van der Waals surface area contributed by atoms with Crippen LogP contribution in [-0.2, 0) is 6.54 Å². The molecule has 1 aliphatic rings. The van der Waals surface area contributed by atoms with Gasteiger partial charge in [-0.1, -0.05) is 35.9 Å². The molecule has 3 N–H and O–H groups in total. The fraction of sp³-hybridized carbons (Fsp3) is 0.120. The molecule has 2 heterocycles. The number of aromatic hydroxyl groups is 2. The fourth-order valence-electron chi connectivity index (χ4n) is 4.28. The number of carbonyl (C=O) groups is 1. The summed E-state index contributed by atoms with van der Waals surface area (Å²) in [4.78, 5) is 15.3. The van der Waals surface area contributed by atoms with Crippen molar-refractivity contribution in [2.75, 3.05) is 7.11 Å². The Hall–Kier alpha value is -3.49. The minimum absolute atomic E-state index is 0.0341. The number of para-hydroxylation sites is 1. The van der Waals surface area contributed by atoms with Crippen molar-refractivity contribution in [2.45, 2.75) is 12.6 Å². The van der Waals surface area contributed by atoms with Crippen LogP contribution in [-0.4, -0.2) is 38.3 Å². The van der Waals surface area contributed by atoms with Gasteiger partial charge in [-0.3, -0.25) is 9.89 Å². The monoisotopic (exact) mass is 539 g/mol. The van der Waals surface area contributed by atoms with E-state index in [0.717, 1.165) is 5.56 Å². The van der Waals surface area contributed by atoms with E-state index in [2.05, 4.69) is 26.1 Å². The van der Waals surface area contributed by atoms with Gasteiger partial charge in [0.2, 0.25) is 0 Å². The maximum atomic E-state index is 13.6. The molecule has 1 aliphatic heterocycles. The number of aromatic amines is 1. The first-order valence-corrected chi connectivity index (χ1v) is 11.5. The number of halogens is 2. The second kappa shape index (κ2) is 8.70. The number of phenolic OH excluding ortho intramolecular Hbond substituents is 2. The highest BCUT2D eigenvalue weighted by Crippen LogP contribution is 2.47. The molecule has 7 nitrogen and oxygen atoms in total. The Morgan fingerprint density at radius 2 is 1.88 bits per heavy atom. The normalized spacial score (nSPS) is 15.0. The fourth-order valence-corrected chi connectivity index (χ4v) is 4.86. The number of hydrogen-bond donors (Lipinski definition) is 3. The minimum atomic E-state index is -0.558. The lowest BCUT2D eigenvalue weighted by atomic mass is 9.95. The quantitative estimate of drug-likeness (QED) is 0.303. The number of fused-ring (bicyclic) bond motifs is 1. The summed E-state index contributed by atoms with van der Waals surface area (Å²) in [7, 11) is 1.47. The molecule has 0 spiro atoms. The number of ether oxygens (including phenoxy) is 1. The summed E-state index contributed by atoms with van der Waals surface area (Å²) < 4.78 is 5.79. The molecule has 0 fully saturated rings. The van der Waals surface area contributed by atoms with Crippen molar-refractivity contribution in [3.63, 3.8) is 0 Å². The highest BCUT2D eigenvalue weighted by atomic mass is 79.9. The Morgan fingerprint density at radius 1 is 1.15 bits per heavy atom. The molecule has 9 heteroatoms. The topological polar surface area (TPSA) is 98.7 Å². The molecule has 0 saturated heterocycles. The first-order valence-electron chi connectivity index (χ1n) is 10.4. The summed E-state index contributed by atoms with van der Waals surface area (Å²) in [6.07, 6.45) is 0. The summed E-state index contributed by atoms with van der Waals surface area (Å²) in [6, 6.07) is 17.0. The Balaban J connectivity index is 1.70. The van der Waals surface area contributed by atoms with Gasteiger partial charge in [-0.2, -0.15) is 5.10 Å². The van der Waals surface area contributed by atoms with E-state index in [1.807, 2.05) is 12.1 Å². The van der Waals surface area contributed by atoms with Crippen LogP contribution in [0.5, 0.6) is 17.2 Å². The van der Waals surface area contributed by atoms with Crippen molar-refractivity contribution in [1.29, 1.82) is 0 Å². The molecular weight excluding hydrogens is 522 g/mol. The molecule has 0 radical (unpaired) electrons. The van der Waals surface area contributed by atoms with Gasteiger partial charge in [-0.25, -0.2) is 0 Å². The van der Waals surface area contributed by atoms with Crippen LogP contribution in [0.4, 0.5) is 0 Å². The number of methoxy groups -OCH3 is 1. The van der Waals surface area contributed by atoms with Crippen LogP contribution in [0.3, 0.4) is 0 Å². The molecule has 3 aromatic carbocycles. The van der Waals surface area contributed by atoms with Crippen LogP contribution in [0, 0.1) is 0 Å². The lowest BCUT2D eigenvalue weighted by Crippen LogP contribution is -2.29. The molecule has 0 saturated carbocycles. The van der Waals surface area contributed by atoms with E-state index in [9.17, 15) is 15.0 Å². The molecule has 34 heavy (non-hydrogen) atoms. The average molecular weight is 541 g/mol. The minimum Gasteiger partial charge on any atom is -0.507 e. The molecule has 0 bridgehead atoms. The predicted molar refractivity (Wildman–Crippen MR) is 131 cm³/mol. The van der Waals surface area contributed by atoms with Crippen LogP contribution in [0.1, 0.15) is 33.2 Å². The number of H-pyrrole nitrogens is 1. The van der Waals surface area contributed by atoms with Crippen molar-refractivity contribution in [1.82, 2.24) is 15.1 Å². The molecule has 0 aliphatic carbocycles. The molecule has 1 atom stereocenters. The molecular formula is C25H19BrClN3O4. The Labute approximate surface area is 208 Å². The van der Waals surface area contributed by atoms with E-state index >= 15 is 0 Å². The van der Waals surface area contributed by atoms with Gasteiger partial charge in [-0.05, 0) is 63.5 Å². The first-order chi connectivity index (χ1) is 16.4. The Kier molecular flexibility index (Phi) is 5.71. The maximum Gasteiger partial charge on any atom is 0.273 e. The van der Waals surface area contributed by atoms with Crippen molar-refractivity contribution >= 4 is 33.4 Å². The maximum absolute atomic E-state index is 13.6. The van der Waals surface area contributed by atoms with Crippen molar-refractivity contribution in [3.05, 3.63) is 92.5 Å². The molecule has 1 unspecified atom stereocenters. The van der Waals surface area contributed by atoms with E-state index in [0.29, 0.717) is 44.1 Å². The van der Waals surface area contributed by atoms with Crippen LogP contribution in [0.25, 0.3) is 11.3 Å². The summed E-state index contributed by atoms with van der Waals surface area (Å²) in [5, 5.41) is 28.7. The van der Waals surface area contributed by atoms with Crippen LogP contribution in [0.2, 0.25) is 5.02 Å². The number of aromatic nitrogens is 2. The van der Waals surface area contributed by atoms with Gasteiger partial charge in [0, 0.05) is 22.7 Å². The second-order valence-corrected chi connectivity index (χ2v) is 9.18. The molecule has 5 rings (SSSR count). The van der Waals surface area contributed by atoms with Crippen LogP contribution in [0.15, 0.2) is 65.1 Å². The number of phenols is 2. The van der Waals surface area contributed by atoms with Crippen molar-refractivity contribution < 1.29 is 19.7 Å². The summed E-state index contributed by atoms with van der Waals surface area (Å²) in [5.41, 5.74) is 3.58. The molecule has 4 aromatic rings. The van der Waals surface area contributed by atoms with E-state index in [1.165, 1.54) is 7.11 Å². The van der Waals surface area contributed by atoms with Gasteiger partial charge in [0.25, 0.3) is 5.91 Å². The summed E-state index contributed by atoms with van der Waals surface area (Å²) in [6.45, 7) is 0.310.